The quantitative estimate of drug-likeness (QED) is 0.652. The minimum absolute atomic E-state index is 0.289. The van der Waals surface area contributed by atoms with Gasteiger partial charge in [-0.25, -0.2) is 0 Å². The summed E-state index contributed by atoms with van der Waals surface area (Å²) in [5.41, 5.74) is -0.289. The summed E-state index contributed by atoms with van der Waals surface area (Å²) in [5.74, 6) is 23.9. The van der Waals surface area contributed by atoms with Gasteiger partial charge in [0, 0.05) is 0 Å². The molecule has 0 aliphatic carbocycles. The van der Waals surface area contributed by atoms with Crippen LogP contribution in [-0.4, -0.2) is 0 Å². The molecule has 0 nitrogen and oxygen atoms in total. The zero-order valence-corrected chi connectivity index (χ0v) is 12.2. The normalized spacial score (nSPS) is 8.78. The van der Waals surface area contributed by atoms with E-state index in [-0.39, 0.29) is 5.41 Å². The molecule has 0 spiro atoms. The molecule has 0 aliphatic rings. The average Bonchev–Trinajstić information content (AvgIpc) is 2.29. The van der Waals surface area contributed by atoms with Crippen molar-refractivity contribution in [2.45, 2.75) is 53.9 Å². The molecule has 0 aromatic heterocycles. The van der Waals surface area contributed by atoms with Crippen LogP contribution in [0.25, 0.3) is 0 Å². The monoisotopic (exact) mass is 238 g/mol. The van der Waals surface area contributed by atoms with Crippen molar-refractivity contribution in [1.29, 1.82) is 0 Å². The molecule has 94 valence electrons. The second kappa shape index (κ2) is 9.29. The number of rotatable bonds is 4. The fourth-order valence-electron chi connectivity index (χ4n) is 1.48. The molecule has 0 aliphatic heterocycles. The van der Waals surface area contributed by atoms with Gasteiger partial charge in [0.15, 0.2) is 0 Å². The Balaban J connectivity index is 4.80. The molecule has 0 N–H and O–H groups in total. The van der Waals surface area contributed by atoms with Crippen molar-refractivity contribution in [2.24, 2.45) is 11.3 Å². The predicted octanol–water partition coefficient (Wildman–Crippen LogP) is 3.87. The van der Waals surface area contributed by atoms with E-state index in [2.05, 4.69) is 68.1 Å². The highest BCUT2D eigenvalue weighted by Crippen LogP contribution is 2.23. The molecule has 0 unspecified atom stereocenters. The first-order valence-corrected chi connectivity index (χ1v) is 6.42. The first-order chi connectivity index (χ1) is 8.54. The minimum Gasteiger partial charge on any atom is -0.0925 e. The summed E-state index contributed by atoms with van der Waals surface area (Å²) in [5, 5.41) is 0. The topological polar surface area (TPSA) is 0 Å². The first kappa shape index (κ1) is 16.2. The summed E-state index contributed by atoms with van der Waals surface area (Å²) in [6.07, 6.45) is 3.32. The molecule has 0 heteroatoms. The molecular formula is C18H22. The van der Waals surface area contributed by atoms with Crippen molar-refractivity contribution in [1.82, 2.24) is 0 Å². The van der Waals surface area contributed by atoms with Crippen LogP contribution in [0.2, 0.25) is 0 Å². The van der Waals surface area contributed by atoms with Gasteiger partial charge in [-0.15, -0.1) is 0 Å². The highest BCUT2D eigenvalue weighted by atomic mass is 14.2. The van der Waals surface area contributed by atoms with Crippen LogP contribution < -0.4 is 0 Å². The van der Waals surface area contributed by atoms with Gasteiger partial charge in [0.2, 0.25) is 0 Å². The highest BCUT2D eigenvalue weighted by Gasteiger charge is 2.18. The van der Waals surface area contributed by atoms with Crippen LogP contribution in [0.4, 0.5) is 0 Å². The molecule has 0 aromatic rings. The van der Waals surface area contributed by atoms with Crippen LogP contribution in [0.15, 0.2) is 0 Å². The van der Waals surface area contributed by atoms with Crippen LogP contribution in [0, 0.1) is 58.7 Å². The van der Waals surface area contributed by atoms with E-state index in [9.17, 15) is 0 Å². The van der Waals surface area contributed by atoms with E-state index in [0.717, 1.165) is 18.8 Å². The van der Waals surface area contributed by atoms with Gasteiger partial charge >= 0.3 is 0 Å². The van der Waals surface area contributed by atoms with Crippen molar-refractivity contribution in [3.05, 3.63) is 0 Å². The molecule has 0 bridgehead atoms. The third-order valence-electron chi connectivity index (χ3n) is 2.51. The van der Waals surface area contributed by atoms with Crippen LogP contribution in [0.3, 0.4) is 0 Å². The largest absolute Gasteiger partial charge is 0.0925 e. The Bertz CT molecular complexity index is 437. The number of hydrogen-bond acceptors (Lipinski definition) is 0. The van der Waals surface area contributed by atoms with Crippen LogP contribution in [-0.2, 0) is 0 Å². The lowest BCUT2D eigenvalue weighted by atomic mass is 9.85. The summed E-state index contributed by atoms with van der Waals surface area (Å²) in [6, 6.07) is 0. The molecule has 0 rings (SSSR count). The van der Waals surface area contributed by atoms with Gasteiger partial charge in [0.25, 0.3) is 0 Å². The SMILES string of the molecule is CC#CC#CC(C)(C#CC#CC)CCCC(C)C. The predicted molar refractivity (Wildman–Crippen MR) is 79.2 cm³/mol. The van der Waals surface area contributed by atoms with Crippen molar-refractivity contribution < 1.29 is 0 Å². The lowest BCUT2D eigenvalue weighted by Crippen LogP contribution is -2.11. The van der Waals surface area contributed by atoms with E-state index < -0.39 is 0 Å². The fraction of sp³-hybridized carbons (Fsp3) is 0.556. The Kier molecular flexibility index (Phi) is 8.38. The van der Waals surface area contributed by atoms with Crippen LogP contribution in [0.5, 0.6) is 0 Å². The molecule has 0 saturated carbocycles. The zero-order chi connectivity index (χ0) is 13.9. The summed E-state index contributed by atoms with van der Waals surface area (Å²) in [6.45, 7) is 10.1. The van der Waals surface area contributed by atoms with Gasteiger partial charge in [-0.1, -0.05) is 50.4 Å². The van der Waals surface area contributed by atoms with E-state index in [1.807, 2.05) is 0 Å². The summed E-state index contributed by atoms with van der Waals surface area (Å²) in [7, 11) is 0. The second-order valence-corrected chi connectivity index (χ2v) is 4.87. The molecule has 0 saturated heterocycles. The third-order valence-corrected chi connectivity index (χ3v) is 2.51. The lowest BCUT2D eigenvalue weighted by Gasteiger charge is -2.16. The Morgan fingerprint density at radius 2 is 1.39 bits per heavy atom. The Morgan fingerprint density at radius 1 is 0.889 bits per heavy atom. The minimum atomic E-state index is -0.289. The van der Waals surface area contributed by atoms with Crippen LogP contribution in [0.1, 0.15) is 53.9 Å². The first-order valence-electron chi connectivity index (χ1n) is 6.42. The van der Waals surface area contributed by atoms with Gasteiger partial charge < -0.3 is 0 Å². The van der Waals surface area contributed by atoms with Gasteiger partial charge in [0.1, 0.15) is 0 Å². The van der Waals surface area contributed by atoms with E-state index in [0.29, 0.717) is 0 Å². The summed E-state index contributed by atoms with van der Waals surface area (Å²) in [4.78, 5) is 0. The summed E-state index contributed by atoms with van der Waals surface area (Å²) < 4.78 is 0. The van der Waals surface area contributed by atoms with Gasteiger partial charge in [0.05, 0.1) is 5.41 Å². The molecule has 0 radical (unpaired) electrons. The van der Waals surface area contributed by atoms with Gasteiger partial charge in [-0.3, -0.25) is 0 Å². The van der Waals surface area contributed by atoms with Crippen molar-refractivity contribution in [2.75, 3.05) is 0 Å². The molecule has 0 fully saturated rings. The Morgan fingerprint density at radius 3 is 1.78 bits per heavy atom. The lowest BCUT2D eigenvalue weighted by molar-refractivity contribution is 0.458. The highest BCUT2D eigenvalue weighted by molar-refractivity contribution is 5.36. The van der Waals surface area contributed by atoms with E-state index in [1.165, 1.54) is 6.42 Å². The molecule has 18 heavy (non-hydrogen) atoms. The van der Waals surface area contributed by atoms with Gasteiger partial charge in [-0.2, -0.15) is 0 Å². The molecule has 0 aromatic carbocycles. The maximum Gasteiger partial charge on any atom is 0.0911 e. The standard InChI is InChI=1S/C18H22/c1-6-8-10-14-18(5,15-11-9-7-2)16-12-13-17(3)4/h17H,12-13,16H2,1-5H3. The van der Waals surface area contributed by atoms with E-state index in [1.54, 1.807) is 13.8 Å². The molecular weight excluding hydrogens is 216 g/mol. The maximum absolute atomic E-state index is 3.16. The molecule has 0 amide bonds. The maximum atomic E-state index is 3.16. The van der Waals surface area contributed by atoms with Crippen molar-refractivity contribution in [3.63, 3.8) is 0 Å². The van der Waals surface area contributed by atoms with E-state index in [4.69, 9.17) is 0 Å². The third kappa shape index (κ3) is 8.40. The van der Waals surface area contributed by atoms with Gasteiger partial charge in [-0.05, 0) is 56.8 Å². The molecule has 0 atom stereocenters. The zero-order valence-electron chi connectivity index (χ0n) is 12.2. The van der Waals surface area contributed by atoms with Crippen molar-refractivity contribution >= 4 is 0 Å². The summed E-state index contributed by atoms with van der Waals surface area (Å²) >= 11 is 0. The second-order valence-electron chi connectivity index (χ2n) is 4.87. The average molecular weight is 238 g/mol. The smallest absolute Gasteiger partial charge is 0.0911 e. The van der Waals surface area contributed by atoms with E-state index >= 15 is 0 Å². The Hall–Kier alpha value is -1.76. The van der Waals surface area contributed by atoms with Crippen molar-refractivity contribution in [3.8, 4) is 47.4 Å². The fourth-order valence-corrected chi connectivity index (χ4v) is 1.48. The Labute approximate surface area is 113 Å². The number of hydrogen-bond donors (Lipinski definition) is 0. The molecule has 0 heterocycles. The van der Waals surface area contributed by atoms with Crippen LogP contribution >= 0.6 is 0 Å².